The summed E-state index contributed by atoms with van der Waals surface area (Å²) in [6, 6.07) is 8.52. The SMILES string of the molecule is Cc1cccc(CNC(C)(C)CN)c1. The fourth-order valence-corrected chi connectivity index (χ4v) is 1.24. The van der Waals surface area contributed by atoms with E-state index in [0.29, 0.717) is 6.54 Å². The first-order valence-electron chi connectivity index (χ1n) is 5.04. The van der Waals surface area contributed by atoms with E-state index in [9.17, 15) is 0 Å². The van der Waals surface area contributed by atoms with Gasteiger partial charge in [-0.1, -0.05) is 29.8 Å². The normalized spacial score (nSPS) is 11.7. The van der Waals surface area contributed by atoms with Gasteiger partial charge in [0, 0.05) is 18.6 Å². The van der Waals surface area contributed by atoms with E-state index < -0.39 is 0 Å². The molecule has 0 aromatic heterocycles. The number of nitrogens with one attached hydrogen (secondary N) is 1. The van der Waals surface area contributed by atoms with Crippen LogP contribution in [0.1, 0.15) is 25.0 Å². The molecule has 0 saturated heterocycles. The van der Waals surface area contributed by atoms with Crippen LogP contribution in [-0.2, 0) is 6.54 Å². The average Bonchev–Trinajstić information content (AvgIpc) is 2.15. The number of nitrogens with two attached hydrogens (primary N) is 1. The average molecular weight is 192 g/mol. The van der Waals surface area contributed by atoms with E-state index in [4.69, 9.17) is 5.73 Å². The third-order valence-corrected chi connectivity index (χ3v) is 2.36. The molecule has 0 aliphatic carbocycles. The van der Waals surface area contributed by atoms with Crippen LogP contribution in [0.2, 0.25) is 0 Å². The molecule has 1 aromatic rings. The van der Waals surface area contributed by atoms with Crippen LogP contribution >= 0.6 is 0 Å². The van der Waals surface area contributed by atoms with Crippen molar-refractivity contribution in [2.75, 3.05) is 6.54 Å². The maximum atomic E-state index is 5.64. The number of aryl methyl sites for hydroxylation is 1. The maximum Gasteiger partial charge on any atom is 0.0250 e. The lowest BCUT2D eigenvalue weighted by Gasteiger charge is -2.24. The Balaban J connectivity index is 2.54. The molecule has 0 unspecified atom stereocenters. The highest BCUT2D eigenvalue weighted by Gasteiger charge is 2.13. The molecule has 0 aliphatic rings. The van der Waals surface area contributed by atoms with Crippen molar-refractivity contribution in [1.29, 1.82) is 0 Å². The molecule has 2 nitrogen and oxygen atoms in total. The first kappa shape index (κ1) is 11.2. The summed E-state index contributed by atoms with van der Waals surface area (Å²) in [6.45, 7) is 7.87. The highest BCUT2D eigenvalue weighted by Crippen LogP contribution is 2.06. The van der Waals surface area contributed by atoms with Gasteiger partial charge in [0.1, 0.15) is 0 Å². The highest BCUT2D eigenvalue weighted by atomic mass is 15.0. The van der Waals surface area contributed by atoms with Gasteiger partial charge in [0.2, 0.25) is 0 Å². The molecule has 0 saturated carbocycles. The smallest absolute Gasteiger partial charge is 0.0250 e. The Kier molecular flexibility index (Phi) is 3.67. The van der Waals surface area contributed by atoms with Gasteiger partial charge in [-0.05, 0) is 26.3 Å². The van der Waals surface area contributed by atoms with Gasteiger partial charge in [0.05, 0.1) is 0 Å². The Hall–Kier alpha value is -0.860. The standard InChI is InChI=1S/C12H20N2/c1-10-5-4-6-11(7-10)8-14-12(2,3)9-13/h4-7,14H,8-9,13H2,1-3H3. The van der Waals surface area contributed by atoms with Crippen LogP contribution in [0, 0.1) is 6.92 Å². The minimum absolute atomic E-state index is 0.0176. The fraction of sp³-hybridized carbons (Fsp3) is 0.500. The molecule has 0 fully saturated rings. The molecule has 1 aromatic carbocycles. The molecule has 0 bridgehead atoms. The second kappa shape index (κ2) is 4.58. The number of rotatable bonds is 4. The molecular formula is C12H20N2. The minimum atomic E-state index is 0.0176. The summed E-state index contributed by atoms with van der Waals surface area (Å²) >= 11 is 0. The Morgan fingerprint density at radius 3 is 2.64 bits per heavy atom. The zero-order valence-electron chi connectivity index (χ0n) is 9.30. The van der Waals surface area contributed by atoms with Gasteiger partial charge in [-0.3, -0.25) is 0 Å². The highest BCUT2D eigenvalue weighted by molar-refractivity contribution is 5.22. The van der Waals surface area contributed by atoms with Gasteiger partial charge in [-0.2, -0.15) is 0 Å². The summed E-state index contributed by atoms with van der Waals surface area (Å²) in [5.74, 6) is 0. The molecule has 78 valence electrons. The summed E-state index contributed by atoms with van der Waals surface area (Å²) in [6.07, 6.45) is 0. The van der Waals surface area contributed by atoms with Crippen molar-refractivity contribution in [2.45, 2.75) is 32.9 Å². The Labute approximate surface area is 86.5 Å². The number of hydrogen-bond donors (Lipinski definition) is 2. The topological polar surface area (TPSA) is 38.0 Å². The monoisotopic (exact) mass is 192 g/mol. The van der Waals surface area contributed by atoms with E-state index >= 15 is 0 Å². The molecule has 0 radical (unpaired) electrons. The van der Waals surface area contributed by atoms with E-state index in [1.54, 1.807) is 0 Å². The molecule has 1 rings (SSSR count). The lowest BCUT2D eigenvalue weighted by atomic mass is 10.1. The Morgan fingerprint density at radius 1 is 1.36 bits per heavy atom. The van der Waals surface area contributed by atoms with Gasteiger partial charge in [-0.25, -0.2) is 0 Å². The van der Waals surface area contributed by atoms with E-state index in [-0.39, 0.29) is 5.54 Å². The van der Waals surface area contributed by atoms with Gasteiger partial charge in [0.25, 0.3) is 0 Å². The third-order valence-electron chi connectivity index (χ3n) is 2.36. The number of hydrogen-bond acceptors (Lipinski definition) is 2. The number of benzene rings is 1. The fourth-order valence-electron chi connectivity index (χ4n) is 1.24. The van der Waals surface area contributed by atoms with Crippen LogP contribution in [0.4, 0.5) is 0 Å². The quantitative estimate of drug-likeness (QED) is 0.763. The van der Waals surface area contributed by atoms with Crippen LogP contribution in [0.3, 0.4) is 0 Å². The van der Waals surface area contributed by atoms with Gasteiger partial charge in [-0.15, -0.1) is 0 Å². The van der Waals surface area contributed by atoms with Crippen LogP contribution in [0.5, 0.6) is 0 Å². The minimum Gasteiger partial charge on any atom is -0.329 e. The van der Waals surface area contributed by atoms with Crippen molar-refractivity contribution in [1.82, 2.24) is 5.32 Å². The second-order valence-corrected chi connectivity index (χ2v) is 4.43. The maximum absolute atomic E-state index is 5.64. The van der Waals surface area contributed by atoms with Crippen LogP contribution < -0.4 is 11.1 Å². The third kappa shape index (κ3) is 3.48. The summed E-state index contributed by atoms with van der Waals surface area (Å²) in [5, 5.41) is 3.43. The summed E-state index contributed by atoms with van der Waals surface area (Å²) in [4.78, 5) is 0. The van der Waals surface area contributed by atoms with Crippen molar-refractivity contribution in [3.05, 3.63) is 35.4 Å². The predicted molar refractivity (Wildman–Crippen MR) is 61.2 cm³/mol. The van der Waals surface area contributed by atoms with Gasteiger partial charge < -0.3 is 11.1 Å². The molecule has 3 N–H and O–H groups in total. The molecule has 0 aliphatic heterocycles. The summed E-state index contributed by atoms with van der Waals surface area (Å²) in [5.41, 5.74) is 8.27. The van der Waals surface area contributed by atoms with E-state index in [2.05, 4.69) is 50.4 Å². The lowest BCUT2D eigenvalue weighted by molar-refractivity contribution is 0.396. The molecule has 2 heteroatoms. The van der Waals surface area contributed by atoms with Crippen molar-refractivity contribution in [3.63, 3.8) is 0 Å². The lowest BCUT2D eigenvalue weighted by Crippen LogP contribution is -2.45. The molecule has 14 heavy (non-hydrogen) atoms. The zero-order valence-corrected chi connectivity index (χ0v) is 9.30. The van der Waals surface area contributed by atoms with Crippen molar-refractivity contribution >= 4 is 0 Å². The molecule has 0 atom stereocenters. The summed E-state index contributed by atoms with van der Waals surface area (Å²) < 4.78 is 0. The molecular weight excluding hydrogens is 172 g/mol. The largest absolute Gasteiger partial charge is 0.329 e. The van der Waals surface area contributed by atoms with Crippen molar-refractivity contribution in [2.24, 2.45) is 5.73 Å². The molecule has 0 amide bonds. The molecule has 0 spiro atoms. The predicted octanol–water partition coefficient (Wildman–Crippen LogP) is 1.82. The Bertz CT molecular complexity index is 292. The van der Waals surface area contributed by atoms with Gasteiger partial charge >= 0.3 is 0 Å². The molecule has 0 heterocycles. The van der Waals surface area contributed by atoms with Crippen LogP contribution in [0.25, 0.3) is 0 Å². The van der Waals surface area contributed by atoms with Crippen molar-refractivity contribution < 1.29 is 0 Å². The zero-order chi connectivity index (χ0) is 10.6. The Morgan fingerprint density at radius 2 is 2.07 bits per heavy atom. The van der Waals surface area contributed by atoms with Crippen LogP contribution in [0.15, 0.2) is 24.3 Å². The second-order valence-electron chi connectivity index (χ2n) is 4.43. The van der Waals surface area contributed by atoms with E-state index in [1.165, 1.54) is 11.1 Å². The summed E-state index contributed by atoms with van der Waals surface area (Å²) in [7, 11) is 0. The van der Waals surface area contributed by atoms with Crippen LogP contribution in [-0.4, -0.2) is 12.1 Å². The van der Waals surface area contributed by atoms with Gasteiger partial charge in [0.15, 0.2) is 0 Å². The first-order valence-corrected chi connectivity index (χ1v) is 5.04. The van der Waals surface area contributed by atoms with Crippen molar-refractivity contribution in [3.8, 4) is 0 Å². The first-order chi connectivity index (χ1) is 6.53. The van der Waals surface area contributed by atoms with E-state index in [0.717, 1.165) is 6.54 Å². The van der Waals surface area contributed by atoms with E-state index in [1.807, 2.05) is 0 Å².